The number of hydrogen-bond donors (Lipinski definition) is 0. The molecule has 1 aliphatic carbocycles. The maximum absolute atomic E-state index is 13.4. The molecule has 0 spiro atoms. The van der Waals surface area contributed by atoms with Crippen LogP contribution in [0.25, 0.3) is 37.9 Å². The lowest BCUT2D eigenvalue weighted by molar-refractivity contribution is 0.104. The number of methoxy groups -OCH3 is 1. The Balaban J connectivity index is 1.64. The normalized spacial score (nSPS) is 12.3. The van der Waals surface area contributed by atoms with Gasteiger partial charge in [-0.3, -0.25) is 4.79 Å². The van der Waals surface area contributed by atoms with E-state index in [1.54, 1.807) is 18.4 Å². The number of aryl methyl sites for hydroxylation is 1. The van der Waals surface area contributed by atoms with Crippen LogP contribution in [0.15, 0.2) is 66.7 Å². The molecule has 2 aromatic heterocycles. The van der Waals surface area contributed by atoms with Crippen LogP contribution in [0.3, 0.4) is 0 Å². The van der Waals surface area contributed by atoms with Crippen LogP contribution in [0.4, 0.5) is 0 Å². The largest absolute Gasteiger partial charge is 0.497 e. The van der Waals surface area contributed by atoms with Crippen molar-refractivity contribution < 1.29 is 9.53 Å². The number of nitrogens with zero attached hydrogens (tertiary/aromatic N) is 3. The monoisotopic (exact) mass is 423 g/mol. The highest BCUT2D eigenvalue weighted by atomic mass is 32.1. The first-order valence-corrected chi connectivity index (χ1v) is 10.8. The number of hydrogen-bond acceptors (Lipinski definition) is 5. The van der Waals surface area contributed by atoms with Crippen LogP contribution in [0, 0.1) is 6.92 Å². The van der Waals surface area contributed by atoms with Gasteiger partial charge in [-0.2, -0.15) is 5.10 Å². The third kappa shape index (κ3) is 2.58. The molecule has 0 N–H and O–H groups in total. The molecule has 2 heterocycles. The zero-order valence-corrected chi connectivity index (χ0v) is 17.7. The first-order chi connectivity index (χ1) is 15.2. The van der Waals surface area contributed by atoms with Crippen molar-refractivity contribution in [3.8, 4) is 33.4 Å². The first kappa shape index (κ1) is 18.0. The summed E-state index contributed by atoms with van der Waals surface area (Å²) in [6.07, 6.45) is 0. The lowest BCUT2D eigenvalue weighted by Crippen LogP contribution is -2.00. The Morgan fingerprint density at radius 2 is 1.71 bits per heavy atom. The van der Waals surface area contributed by atoms with Gasteiger partial charge < -0.3 is 4.74 Å². The highest BCUT2D eigenvalue weighted by Crippen LogP contribution is 2.43. The van der Waals surface area contributed by atoms with Gasteiger partial charge in [0.1, 0.15) is 11.4 Å². The number of aromatic nitrogens is 3. The van der Waals surface area contributed by atoms with E-state index < -0.39 is 0 Å². The van der Waals surface area contributed by atoms with E-state index in [4.69, 9.17) is 14.8 Å². The average molecular weight is 423 g/mol. The van der Waals surface area contributed by atoms with Gasteiger partial charge in [0.25, 0.3) is 0 Å². The summed E-state index contributed by atoms with van der Waals surface area (Å²) in [4.78, 5) is 18.3. The van der Waals surface area contributed by atoms with Gasteiger partial charge >= 0.3 is 0 Å². The van der Waals surface area contributed by atoms with E-state index in [2.05, 4.69) is 19.1 Å². The molecule has 0 amide bonds. The maximum Gasteiger partial charge on any atom is 0.212 e. The molecule has 0 bridgehead atoms. The topological polar surface area (TPSA) is 57.0 Å². The van der Waals surface area contributed by atoms with Crippen molar-refractivity contribution >= 4 is 27.3 Å². The van der Waals surface area contributed by atoms with Crippen molar-refractivity contribution in [2.75, 3.05) is 7.11 Å². The van der Waals surface area contributed by atoms with Crippen LogP contribution in [0.1, 0.15) is 21.5 Å². The Labute approximate surface area is 182 Å². The number of ether oxygens (including phenoxy) is 1. The number of ketones is 1. The molecule has 31 heavy (non-hydrogen) atoms. The molecule has 6 rings (SSSR count). The van der Waals surface area contributed by atoms with Crippen LogP contribution in [0.2, 0.25) is 0 Å². The molecule has 5 nitrogen and oxygen atoms in total. The Kier molecular flexibility index (Phi) is 3.85. The number of carbonyl (C=O) groups excluding carboxylic acids is 1. The smallest absolute Gasteiger partial charge is 0.212 e. The van der Waals surface area contributed by atoms with Crippen molar-refractivity contribution in [1.29, 1.82) is 0 Å². The van der Waals surface area contributed by atoms with Gasteiger partial charge in [0.2, 0.25) is 5.13 Å². The van der Waals surface area contributed by atoms with E-state index in [0.29, 0.717) is 16.8 Å². The first-order valence-electron chi connectivity index (χ1n) is 9.94. The predicted octanol–water partition coefficient (Wildman–Crippen LogP) is 5.68. The lowest BCUT2D eigenvalue weighted by atomic mass is 10.0. The number of thiazole rings is 1. The molecule has 5 aromatic rings. The Hall–Kier alpha value is -3.77. The second-order valence-electron chi connectivity index (χ2n) is 7.51. The minimum atomic E-state index is -0.0000373. The van der Waals surface area contributed by atoms with Crippen LogP contribution in [-0.4, -0.2) is 27.7 Å². The zero-order chi connectivity index (χ0) is 21.1. The summed E-state index contributed by atoms with van der Waals surface area (Å²) in [5, 5.41) is 5.66. The molecule has 0 fully saturated rings. The summed E-state index contributed by atoms with van der Waals surface area (Å²) in [7, 11) is 1.64. The van der Waals surface area contributed by atoms with E-state index in [1.165, 1.54) is 0 Å². The third-order valence-electron chi connectivity index (χ3n) is 5.69. The van der Waals surface area contributed by atoms with Gasteiger partial charge in [0.15, 0.2) is 5.78 Å². The standard InChI is InChI=1S/C25H17N3O2S/c1-14-6-5-9-19-21(14)26-25(31-19)28-23-17-7-3-4-8-18(17)24(29)20(23)22(27-28)15-10-12-16(30-2)13-11-15/h3-13H,1-2H3. The van der Waals surface area contributed by atoms with Crippen molar-refractivity contribution in [2.45, 2.75) is 6.92 Å². The van der Waals surface area contributed by atoms with Gasteiger partial charge in [-0.25, -0.2) is 9.67 Å². The maximum atomic E-state index is 13.4. The van der Waals surface area contributed by atoms with Gasteiger partial charge in [0, 0.05) is 16.7 Å². The summed E-state index contributed by atoms with van der Waals surface area (Å²) in [6, 6.07) is 21.5. The average Bonchev–Trinajstić information content (AvgIpc) is 3.48. The van der Waals surface area contributed by atoms with Crippen LogP contribution >= 0.6 is 11.3 Å². The minimum Gasteiger partial charge on any atom is -0.497 e. The van der Waals surface area contributed by atoms with Crippen LogP contribution in [-0.2, 0) is 0 Å². The summed E-state index contributed by atoms with van der Waals surface area (Å²) < 4.78 is 8.22. The molecule has 150 valence electrons. The van der Waals surface area contributed by atoms with E-state index in [1.807, 2.05) is 59.3 Å². The number of carbonyl (C=O) groups is 1. The molecule has 3 aromatic carbocycles. The Morgan fingerprint density at radius 3 is 2.45 bits per heavy atom. The zero-order valence-electron chi connectivity index (χ0n) is 16.9. The Morgan fingerprint density at radius 1 is 0.935 bits per heavy atom. The van der Waals surface area contributed by atoms with Gasteiger partial charge in [-0.05, 0) is 42.8 Å². The minimum absolute atomic E-state index is 0.0000373. The fourth-order valence-electron chi connectivity index (χ4n) is 4.16. The fraction of sp³-hybridized carbons (Fsp3) is 0.0800. The molecule has 0 radical (unpaired) electrons. The second-order valence-corrected chi connectivity index (χ2v) is 8.51. The summed E-state index contributed by atoms with van der Waals surface area (Å²) >= 11 is 1.58. The van der Waals surface area contributed by atoms with Crippen molar-refractivity contribution in [1.82, 2.24) is 14.8 Å². The van der Waals surface area contributed by atoms with E-state index >= 15 is 0 Å². The van der Waals surface area contributed by atoms with Crippen molar-refractivity contribution in [3.05, 3.63) is 83.4 Å². The highest BCUT2D eigenvalue weighted by molar-refractivity contribution is 7.20. The van der Waals surface area contributed by atoms with E-state index in [9.17, 15) is 4.79 Å². The molecular weight excluding hydrogens is 406 g/mol. The second kappa shape index (κ2) is 6.62. The van der Waals surface area contributed by atoms with Gasteiger partial charge in [-0.15, -0.1) is 0 Å². The Bertz CT molecular complexity index is 1500. The third-order valence-corrected chi connectivity index (χ3v) is 6.69. The molecule has 0 atom stereocenters. The summed E-state index contributed by atoms with van der Waals surface area (Å²) in [6.45, 7) is 2.06. The molecule has 0 unspecified atom stereocenters. The molecule has 0 saturated carbocycles. The van der Waals surface area contributed by atoms with Crippen LogP contribution < -0.4 is 4.74 Å². The molecule has 6 heteroatoms. The number of benzene rings is 3. The summed E-state index contributed by atoms with van der Waals surface area (Å²) in [5.74, 6) is 0.760. The van der Waals surface area contributed by atoms with E-state index in [-0.39, 0.29) is 5.78 Å². The van der Waals surface area contributed by atoms with Crippen molar-refractivity contribution in [3.63, 3.8) is 0 Å². The van der Waals surface area contributed by atoms with Gasteiger partial charge in [0.05, 0.1) is 28.6 Å². The molecule has 0 saturated heterocycles. The number of fused-ring (bicyclic) bond motifs is 4. The molecular formula is C25H17N3O2S. The summed E-state index contributed by atoms with van der Waals surface area (Å²) in [5.41, 5.74) is 6.65. The van der Waals surface area contributed by atoms with E-state index in [0.717, 1.165) is 43.5 Å². The quantitative estimate of drug-likeness (QED) is 0.368. The predicted molar refractivity (Wildman–Crippen MR) is 122 cm³/mol. The molecule has 0 aliphatic heterocycles. The van der Waals surface area contributed by atoms with Crippen molar-refractivity contribution in [2.24, 2.45) is 0 Å². The van der Waals surface area contributed by atoms with Crippen LogP contribution in [0.5, 0.6) is 5.75 Å². The molecule has 1 aliphatic rings. The SMILES string of the molecule is COc1ccc(-c2nn(-c3nc4c(C)cccc4s3)c3c2C(=O)c2ccccc2-3)cc1. The van der Waals surface area contributed by atoms with Gasteiger partial charge in [-0.1, -0.05) is 47.7 Å². The lowest BCUT2D eigenvalue weighted by Gasteiger charge is -2.04. The number of para-hydroxylation sites is 1. The highest BCUT2D eigenvalue weighted by Gasteiger charge is 2.35. The fourth-order valence-corrected chi connectivity index (χ4v) is 5.16. The number of rotatable bonds is 3.